The lowest BCUT2D eigenvalue weighted by molar-refractivity contribution is 0.456. The molecule has 0 radical (unpaired) electrons. The molecule has 0 saturated heterocycles. The van der Waals surface area contributed by atoms with Crippen molar-refractivity contribution in [3.05, 3.63) is 63.6 Å². The Kier molecular flexibility index (Phi) is 4.61. The topological polar surface area (TPSA) is 32.3 Å². The Bertz CT molecular complexity index is 568. The van der Waals surface area contributed by atoms with Gasteiger partial charge in [-0.05, 0) is 37.1 Å². The Hall–Kier alpha value is -1.32. The molecule has 0 aliphatic rings. The Morgan fingerprint density at radius 3 is 2.68 bits per heavy atom. The number of rotatable bonds is 4. The van der Waals surface area contributed by atoms with Gasteiger partial charge >= 0.3 is 0 Å². The van der Waals surface area contributed by atoms with E-state index in [0.717, 1.165) is 15.6 Å². The molecule has 0 saturated carbocycles. The summed E-state index contributed by atoms with van der Waals surface area (Å²) in [5, 5.41) is 13.4. The van der Waals surface area contributed by atoms with E-state index in [1.54, 1.807) is 0 Å². The van der Waals surface area contributed by atoms with Crippen molar-refractivity contribution in [3.8, 4) is 5.75 Å². The number of benzene rings is 2. The Morgan fingerprint density at radius 2 is 1.95 bits per heavy atom. The Labute approximate surface area is 122 Å². The van der Waals surface area contributed by atoms with Crippen molar-refractivity contribution in [2.45, 2.75) is 26.4 Å². The second-order valence-electron chi connectivity index (χ2n) is 4.74. The summed E-state index contributed by atoms with van der Waals surface area (Å²) in [4.78, 5) is 0. The summed E-state index contributed by atoms with van der Waals surface area (Å²) in [6, 6.07) is 14.3. The fourth-order valence-corrected chi connectivity index (χ4v) is 2.44. The van der Waals surface area contributed by atoms with Gasteiger partial charge in [0.05, 0.1) is 0 Å². The van der Waals surface area contributed by atoms with E-state index in [-0.39, 0.29) is 6.04 Å². The Balaban J connectivity index is 2.04. The van der Waals surface area contributed by atoms with Crippen LogP contribution in [0.5, 0.6) is 5.75 Å². The first-order valence-corrected chi connectivity index (χ1v) is 7.13. The first kappa shape index (κ1) is 14.1. The molecule has 100 valence electrons. The zero-order valence-corrected chi connectivity index (χ0v) is 12.7. The van der Waals surface area contributed by atoms with Crippen molar-refractivity contribution < 1.29 is 5.11 Å². The number of aryl methyl sites for hydroxylation is 1. The fraction of sp³-hybridized carbons (Fsp3) is 0.250. The van der Waals surface area contributed by atoms with E-state index in [1.165, 1.54) is 5.56 Å². The van der Waals surface area contributed by atoms with Crippen LogP contribution >= 0.6 is 15.9 Å². The van der Waals surface area contributed by atoms with Gasteiger partial charge in [-0.2, -0.15) is 0 Å². The normalized spacial score (nSPS) is 12.4. The third kappa shape index (κ3) is 3.58. The van der Waals surface area contributed by atoms with Crippen LogP contribution in [0.15, 0.2) is 46.9 Å². The summed E-state index contributed by atoms with van der Waals surface area (Å²) in [7, 11) is 0. The SMILES string of the molecule is Cc1cccc(CNC(C)c2cccc(Br)c2)c1O. The van der Waals surface area contributed by atoms with E-state index in [1.807, 2.05) is 37.3 Å². The first-order chi connectivity index (χ1) is 9.08. The van der Waals surface area contributed by atoms with Crippen LogP contribution in [-0.4, -0.2) is 5.11 Å². The smallest absolute Gasteiger partial charge is 0.122 e. The van der Waals surface area contributed by atoms with Gasteiger partial charge in [0.15, 0.2) is 0 Å². The number of nitrogens with one attached hydrogen (secondary N) is 1. The van der Waals surface area contributed by atoms with Crippen LogP contribution in [0, 0.1) is 6.92 Å². The van der Waals surface area contributed by atoms with Crippen molar-refractivity contribution in [2.75, 3.05) is 0 Å². The van der Waals surface area contributed by atoms with Gasteiger partial charge in [0, 0.05) is 22.6 Å². The van der Waals surface area contributed by atoms with Gasteiger partial charge in [0.2, 0.25) is 0 Å². The highest BCUT2D eigenvalue weighted by atomic mass is 79.9. The standard InChI is InChI=1S/C16H18BrNO/c1-11-5-3-7-14(16(11)19)10-18-12(2)13-6-4-8-15(17)9-13/h3-9,12,18-19H,10H2,1-2H3. The van der Waals surface area contributed by atoms with Gasteiger partial charge in [-0.15, -0.1) is 0 Å². The maximum atomic E-state index is 9.98. The van der Waals surface area contributed by atoms with Crippen LogP contribution in [0.25, 0.3) is 0 Å². The molecule has 2 aromatic rings. The van der Waals surface area contributed by atoms with E-state index < -0.39 is 0 Å². The largest absolute Gasteiger partial charge is 0.507 e. The molecule has 0 aliphatic heterocycles. The molecule has 0 amide bonds. The molecule has 2 N–H and O–H groups in total. The van der Waals surface area contributed by atoms with Crippen molar-refractivity contribution in [1.29, 1.82) is 0 Å². The zero-order valence-electron chi connectivity index (χ0n) is 11.2. The van der Waals surface area contributed by atoms with Crippen molar-refractivity contribution in [1.82, 2.24) is 5.32 Å². The van der Waals surface area contributed by atoms with Gasteiger partial charge in [0.25, 0.3) is 0 Å². The summed E-state index contributed by atoms with van der Waals surface area (Å²) in [6.45, 7) is 4.69. The third-order valence-corrected chi connectivity index (χ3v) is 3.76. The second-order valence-corrected chi connectivity index (χ2v) is 5.66. The minimum atomic E-state index is 0.234. The minimum Gasteiger partial charge on any atom is -0.507 e. The molecule has 3 heteroatoms. The van der Waals surface area contributed by atoms with E-state index >= 15 is 0 Å². The van der Waals surface area contributed by atoms with E-state index in [9.17, 15) is 5.11 Å². The van der Waals surface area contributed by atoms with E-state index in [2.05, 4.69) is 40.3 Å². The van der Waals surface area contributed by atoms with Crippen LogP contribution in [0.3, 0.4) is 0 Å². The molecule has 1 atom stereocenters. The highest BCUT2D eigenvalue weighted by molar-refractivity contribution is 9.10. The van der Waals surface area contributed by atoms with Crippen LogP contribution in [-0.2, 0) is 6.54 Å². The van der Waals surface area contributed by atoms with E-state index in [0.29, 0.717) is 12.3 Å². The first-order valence-electron chi connectivity index (χ1n) is 6.34. The molecular formula is C16H18BrNO. The monoisotopic (exact) mass is 319 g/mol. The maximum Gasteiger partial charge on any atom is 0.122 e. The predicted octanol–water partition coefficient (Wildman–Crippen LogP) is 4.31. The van der Waals surface area contributed by atoms with Crippen molar-refractivity contribution in [2.24, 2.45) is 0 Å². The van der Waals surface area contributed by atoms with Crippen molar-refractivity contribution in [3.63, 3.8) is 0 Å². The highest BCUT2D eigenvalue weighted by Crippen LogP contribution is 2.23. The highest BCUT2D eigenvalue weighted by Gasteiger charge is 2.08. The number of hydrogen-bond acceptors (Lipinski definition) is 2. The van der Waals surface area contributed by atoms with Crippen LogP contribution in [0.4, 0.5) is 0 Å². The average molecular weight is 320 g/mol. The molecule has 19 heavy (non-hydrogen) atoms. The molecule has 0 spiro atoms. The van der Waals surface area contributed by atoms with Gasteiger partial charge in [-0.3, -0.25) is 0 Å². The average Bonchev–Trinajstić information content (AvgIpc) is 2.40. The molecule has 2 aromatic carbocycles. The van der Waals surface area contributed by atoms with Crippen molar-refractivity contribution >= 4 is 15.9 Å². The third-order valence-electron chi connectivity index (χ3n) is 3.27. The van der Waals surface area contributed by atoms with Gasteiger partial charge in [0.1, 0.15) is 5.75 Å². The second kappa shape index (κ2) is 6.22. The zero-order chi connectivity index (χ0) is 13.8. The lowest BCUT2D eigenvalue weighted by Crippen LogP contribution is -2.18. The quantitative estimate of drug-likeness (QED) is 0.879. The molecule has 0 aromatic heterocycles. The lowest BCUT2D eigenvalue weighted by Gasteiger charge is -2.15. The predicted molar refractivity (Wildman–Crippen MR) is 82.2 cm³/mol. The molecule has 0 heterocycles. The van der Waals surface area contributed by atoms with E-state index in [4.69, 9.17) is 0 Å². The molecule has 0 aliphatic carbocycles. The van der Waals surface area contributed by atoms with Gasteiger partial charge < -0.3 is 10.4 Å². The van der Waals surface area contributed by atoms with Crippen LogP contribution in [0.2, 0.25) is 0 Å². The number of phenolic OH excluding ortho intramolecular Hbond substituents is 1. The summed E-state index contributed by atoms with van der Waals surface area (Å²) in [5.74, 6) is 0.386. The summed E-state index contributed by atoms with van der Waals surface area (Å²) in [5.41, 5.74) is 3.07. The van der Waals surface area contributed by atoms with Gasteiger partial charge in [-0.25, -0.2) is 0 Å². The summed E-state index contributed by atoms with van der Waals surface area (Å²) in [6.07, 6.45) is 0. The summed E-state index contributed by atoms with van der Waals surface area (Å²) < 4.78 is 1.08. The molecule has 0 bridgehead atoms. The number of phenols is 1. The van der Waals surface area contributed by atoms with Gasteiger partial charge in [-0.1, -0.05) is 46.3 Å². The van der Waals surface area contributed by atoms with Crippen LogP contribution < -0.4 is 5.32 Å². The minimum absolute atomic E-state index is 0.234. The number of halogens is 1. The Morgan fingerprint density at radius 1 is 1.21 bits per heavy atom. The molecule has 1 unspecified atom stereocenters. The van der Waals surface area contributed by atoms with Crippen LogP contribution in [0.1, 0.15) is 29.7 Å². The number of aromatic hydroxyl groups is 1. The number of para-hydroxylation sites is 1. The molecular weight excluding hydrogens is 302 g/mol. The molecule has 2 nitrogen and oxygen atoms in total. The molecule has 0 fully saturated rings. The maximum absolute atomic E-state index is 9.98. The summed E-state index contributed by atoms with van der Waals surface area (Å²) >= 11 is 3.48. The fourth-order valence-electron chi connectivity index (χ4n) is 2.02. The number of hydrogen-bond donors (Lipinski definition) is 2. The molecule has 2 rings (SSSR count). The lowest BCUT2D eigenvalue weighted by atomic mass is 10.1.